The molecule has 3 heterocycles. The maximum absolute atomic E-state index is 12.7. The minimum absolute atomic E-state index is 0.119. The van der Waals surface area contributed by atoms with Crippen molar-refractivity contribution in [2.75, 3.05) is 6.61 Å². The molecule has 1 aliphatic rings. The van der Waals surface area contributed by atoms with Gasteiger partial charge >= 0.3 is 0 Å². The molecular formula is C24H22N4O4S. The standard InChI is InChI=1S/C24H22N4O4S/c1-16(23(29)25-14-18-10-7-13-30-18)33-24-27-26-22(28(24)17-8-3-2-4-9-17)21-15-31-19-11-5-6-12-20(19)32-21/h2-13,16,21H,14-15H2,1H3,(H,25,29). The molecule has 2 aromatic carbocycles. The maximum Gasteiger partial charge on any atom is 0.233 e. The highest BCUT2D eigenvalue weighted by Gasteiger charge is 2.30. The molecule has 0 saturated carbocycles. The lowest BCUT2D eigenvalue weighted by atomic mass is 10.2. The van der Waals surface area contributed by atoms with Crippen molar-refractivity contribution in [2.45, 2.75) is 30.0 Å². The van der Waals surface area contributed by atoms with Crippen LogP contribution in [0.1, 0.15) is 24.6 Å². The van der Waals surface area contributed by atoms with Crippen LogP contribution in [-0.2, 0) is 11.3 Å². The van der Waals surface area contributed by atoms with E-state index in [0.717, 1.165) is 5.69 Å². The summed E-state index contributed by atoms with van der Waals surface area (Å²) < 4.78 is 19.3. The Bertz CT molecular complexity index is 1230. The van der Waals surface area contributed by atoms with Gasteiger partial charge in [-0.2, -0.15) is 0 Å². The van der Waals surface area contributed by atoms with Gasteiger partial charge in [-0.1, -0.05) is 42.1 Å². The van der Waals surface area contributed by atoms with E-state index in [1.807, 2.05) is 72.2 Å². The number of ether oxygens (including phenoxy) is 2. The number of nitrogens with zero attached hydrogens (tertiary/aromatic N) is 3. The number of nitrogens with one attached hydrogen (secondary N) is 1. The van der Waals surface area contributed by atoms with E-state index in [4.69, 9.17) is 13.9 Å². The number of hydrogen-bond acceptors (Lipinski definition) is 7. The van der Waals surface area contributed by atoms with Gasteiger partial charge in [-0.05, 0) is 43.3 Å². The Balaban J connectivity index is 1.39. The highest BCUT2D eigenvalue weighted by Crippen LogP contribution is 2.37. The second kappa shape index (κ2) is 9.41. The average molecular weight is 463 g/mol. The van der Waals surface area contributed by atoms with Crippen LogP contribution < -0.4 is 14.8 Å². The molecule has 1 aliphatic heterocycles. The van der Waals surface area contributed by atoms with E-state index in [9.17, 15) is 4.79 Å². The minimum Gasteiger partial charge on any atom is -0.485 e. The molecule has 0 bridgehead atoms. The van der Waals surface area contributed by atoms with Gasteiger partial charge in [-0.15, -0.1) is 10.2 Å². The van der Waals surface area contributed by atoms with Crippen molar-refractivity contribution in [2.24, 2.45) is 0 Å². The number of para-hydroxylation sites is 3. The summed E-state index contributed by atoms with van der Waals surface area (Å²) in [4.78, 5) is 12.7. The van der Waals surface area contributed by atoms with Crippen LogP contribution in [0.5, 0.6) is 11.5 Å². The maximum atomic E-state index is 12.7. The van der Waals surface area contributed by atoms with Gasteiger partial charge in [0.25, 0.3) is 0 Å². The van der Waals surface area contributed by atoms with Gasteiger partial charge in [0.15, 0.2) is 28.6 Å². The van der Waals surface area contributed by atoms with Crippen LogP contribution >= 0.6 is 11.8 Å². The molecule has 1 N–H and O–H groups in total. The van der Waals surface area contributed by atoms with Crippen LogP contribution in [0.4, 0.5) is 0 Å². The summed E-state index contributed by atoms with van der Waals surface area (Å²) in [5, 5.41) is 11.9. The van der Waals surface area contributed by atoms with Gasteiger partial charge in [-0.3, -0.25) is 9.36 Å². The Hall–Kier alpha value is -3.72. The summed E-state index contributed by atoms with van der Waals surface area (Å²) in [6.07, 6.45) is 1.14. The third-order valence-electron chi connectivity index (χ3n) is 5.14. The first-order valence-corrected chi connectivity index (χ1v) is 11.4. The molecule has 5 rings (SSSR count). The molecule has 9 heteroatoms. The van der Waals surface area contributed by atoms with Gasteiger partial charge in [0, 0.05) is 5.69 Å². The first kappa shape index (κ1) is 21.1. The number of rotatable bonds is 7. The first-order valence-electron chi connectivity index (χ1n) is 10.5. The molecule has 0 saturated heterocycles. The number of amides is 1. The molecule has 4 aromatic rings. The molecule has 2 aromatic heterocycles. The summed E-state index contributed by atoms with van der Waals surface area (Å²) in [6.45, 7) is 2.48. The predicted molar refractivity (Wildman–Crippen MR) is 123 cm³/mol. The number of carbonyl (C=O) groups excluding carboxylic acids is 1. The lowest BCUT2D eigenvalue weighted by Crippen LogP contribution is -2.30. The van der Waals surface area contributed by atoms with E-state index in [2.05, 4.69) is 15.5 Å². The number of hydrogen-bond donors (Lipinski definition) is 1. The predicted octanol–water partition coefficient (Wildman–Crippen LogP) is 4.17. The van der Waals surface area contributed by atoms with Gasteiger partial charge in [0.2, 0.25) is 5.91 Å². The summed E-state index contributed by atoms with van der Waals surface area (Å²) in [6, 6.07) is 20.9. The third kappa shape index (κ3) is 4.58. The Labute approximate surface area is 194 Å². The molecule has 0 radical (unpaired) electrons. The van der Waals surface area contributed by atoms with Crippen LogP contribution in [0.25, 0.3) is 5.69 Å². The fourth-order valence-corrected chi connectivity index (χ4v) is 4.37. The molecule has 168 valence electrons. The van der Waals surface area contributed by atoms with E-state index < -0.39 is 11.4 Å². The van der Waals surface area contributed by atoms with Crippen LogP contribution in [0.15, 0.2) is 82.6 Å². The van der Waals surface area contributed by atoms with E-state index in [1.54, 1.807) is 12.3 Å². The molecule has 8 nitrogen and oxygen atoms in total. The highest BCUT2D eigenvalue weighted by molar-refractivity contribution is 8.00. The van der Waals surface area contributed by atoms with Crippen LogP contribution in [0.3, 0.4) is 0 Å². The second-order valence-corrected chi connectivity index (χ2v) is 8.74. The third-order valence-corrected chi connectivity index (χ3v) is 6.18. The van der Waals surface area contributed by atoms with E-state index in [1.165, 1.54) is 11.8 Å². The van der Waals surface area contributed by atoms with Gasteiger partial charge in [0.1, 0.15) is 12.4 Å². The number of thioether (sulfide) groups is 1. The van der Waals surface area contributed by atoms with E-state index in [-0.39, 0.29) is 5.91 Å². The topological polar surface area (TPSA) is 91.4 Å². The van der Waals surface area contributed by atoms with Crippen molar-refractivity contribution in [3.8, 4) is 17.2 Å². The van der Waals surface area contributed by atoms with Gasteiger partial charge in [0.05, 0.1) is 18.1 Å². The summed E-state index contributed by atoms with van der Waals surface area (Å²) in [5.41, 5.74) is 0.880. The van der Waals surface area contributed by atoms with Crippen molar-refractivity contribution in [3.05, 3.63) is 84.6 Å². The van der Waals surface area contributed by atoms with Crippen molar-refractivity contribution in [1.29, 1.82) is 0 Å². The van der Waals surface area contributed by atoms with Crippen molar-refractivity contribution < 1.29 is 18.7 Å². The summed E-state index contributed by atoms with van der Waals surface area (Å²) in [5.74, 6) is 2.56. The normalized spacial score (nSPS) is 15.7. The van der Waals surface area contributed by atoms with Crippen molar-refractivity contribution >= 4 is 17.7 Å². The Morgan fingerprint density at radius 1 is 1.09 bits per heavy atom. The molecule has 0 aliphatic carbocycles. The SMILES string of the molecule is CC(Sc1nnc(C2COc3ccccc3O2)n1-c1ccccc1)C(=O)NCc1ccco1. The highest BCUT2D eigenvalue weighted by atomic mass is 32.2. The lowest BCUT2D eigenvalue weighted by molar-refractivity contribution is -0.120. The van der Waals surface area contributed by atoms with Crippen LogP contribution in [0, 0.1) is 0 Å². The minimum atomic E-state index is -0.440. The number of benzene rings is 2. The van der Waals surface area contributed by atoms with Gasteiger partial charge < -0.3 is 19.2 Å². The molecule has 2 unspecified atom stereocenters. The van der Waals surface area contributed by atoms with E-state index >= 15 is 0 Å². The second-order valence-electron chi connectivity index (χ2n) is 7.43. The van der Waals surface area contributed by atoms with Crippen molar-refractivity contribution in [1.82, 2.24) is 20.1 Å². The fraction of sp³-hybridized carbons (Fsp3) is 0.208. The molecule has 33 heavy (non-hydrogen) atoms. The monoisotopic (exact) mass is 462 g/mol. The lowest BCUT2D eigenvalue weighted by Gasteiger charge is -2.26. The zero-order chi connectivity index (χ0) is 22.6. The molecule has 1 amide bonds. The van der Waals surface area contributed by atoms with Crippen LogP contribution in [0.2, 0.25) is 0 Å². The number of carbonyl (C=O) groups is 1. The Morgan fingerprint density at radius 2 is 1.88 bits per heavy atom. The largest absolute Gasteiger partial charge is 0.485 e. The van der Waals surface area contributed by atoms with Crippen molar-refractivity contribution in [3.63, 3.8) is 0 Å². The molecule has 0 fully saturated rings. The van der Waals surface area contributed by atoms with Gasteiger partial charge in [-0.25, -0.2) is 0 Å². The first-order chi connectivity index (χ1) is 16.2. The van der Waals surface area contributed by atoms with E-state index in [0.29, 0.717) is 41.4 Å². The Morgan fingerprint density at radius 3 is 2.67 bits per heavy atom. The van der Waals surface area contributed by atoms with Crippen LogP contribution in [-0.4, -0.2) is 32.5 Å². The summed E-state index contributed by atoms with van der Waals surface area (Å²) >= 11 is 1.33. The molecular weight excluding hydrogens is 440 g/mol. The Kier molecular flexibility index (Phi) is 6.03. The molecule has 0 spiro atoms. The fourth-order valence-electron chi connectivity index (χ4n) is 3.48. The zero-order valence-corrected chi connectivity index (χ0v) is 18.7. The zero-order valence-electron chi connectivity index (χ0n) is 17.9. The average Bonchev–Trinajstić information content (AvgIpc) is 3.53. The smallest absolute Gasteiger partial charge is 0.233 e. The number of furan rings is 1. The number of aromatic nitrogens is 3. The quantitative estimate of drug-likeness (QED) is 0.412. The summed E-state index contributed by atoms with van der Waals surface area (Å²) in [7, 11) is 0. The molecule has 2 atom stereocenters. The number of fused-ring (bicyclic) bond motifs is 1.